The fourth-order valence-electron chi connectivity index (χ4n) is 3.07. The topological polar surface area (TPSA) is 58.4 Å². The summed E-state index contributed by atoms with van der Waals surface area (Å²) in [6.07, 6.45) is 8.50. The minimum atomic E-state index is 0. The molecule has 1 saturated carbocycles. The molecule has 1 heterocycles. The Balaban J connectivity index is 0.00000162. The lowest BCUT2D eigenvalue weighted by atomic mass is 9.95. The van der Waals surface area contributed by atoms with Gasteiger partial charge in [-0.25, -0.2) is 0 Å². The minimum Gasteiger partial charge on any atom is -0.352 e. The average Bonchev–Trinajstić information content (AvgIpc) is 2.77. The predicted molar refractivity (Wildman–Crippen MR) is 75.9 cm³/mol. The molecule has 1 aliphatic carbocycles. The first-order valence-corrected chi connectivity index (χ1v) is 7.03. The highest BCUT2D eigenvalue weighted by atomic mass is 35.5. The molecule has 1 atom stereocenters. The summed E-state index contributed by atoms with van der Waals surface area (Å²) in [6, 6.07) is 0.849. The molecule has 0 radical (unpaired) electrons. The van der Waals surface area contributed by atoms with E-state index in [1.807, 2.05) is 0 Å². The Morgan fingerprint density at radius 3 is 2.56 bits per heavy atom. The maximum atomic E-state index is 11.9. The SMILES string of the molecule is Cl.NCC1CCCN1CC(=O)NC1CCCCC1. The second-order valence-electron chi connectivity index (χ2n) is 5.40. The monoisotopic (exact) mass is 275 g/mol. The summed E-state index contributed by atoms with van der Waals surface area (Å²) < 4.78 is 0. The van der Waals surface area contributed by atoms with E-state index in [2.05, 4.69) is 10.2 Å². The summed E-state index contributed by atoms with van der Waals surface area (Å²) in [6.45, 7) is 2.25. The lowest BCUT2D eigenvalue weighted by Gasteiger charge is -2.26. The molecule has 0 aromatic carbocycles. The second-order valence-corrected chi connectivity index (χ2v) is 5.40. The number of hydrogen-bond donors (Lipinski definition) is 2. The molecule has 0 aromatic heterocycles. The molecule has 5 heteroatoms. The molecule has 0 spiro atoms. The molecule has 1 unspecified atom stereocenters. The highest BCUT2D eigenvalue weighted by Gasteiger charge is 2.25. The van der Waals surface area contributed by atoms with E-state index in [1.165, 1.54) is 25.7 Å². The Bertz CT molecular complexity index is 257. The van der Waals surface area contributed by atoms with Crippen molar-refractivity contribution in [3.8, 4) is 0 Å². The van der Waals surface area contributed by atoms with Crippen LogP contribution in [0.1, 0.15) is 44.9 Å². The van der Waals surface area contributed by atoms with Crippen LogP contribution in [-0.2, 0) is 4.79 Å². The van der Waals surface area contributed by atoms with E-state index in [-0.39, 0.29) is 18.3 Å². The van der Waals surface area contributed by atoms with E-state index >= 15 is 0 Å². The van der Waals surface area contributed by atoms with Gasteiger partial charge >= 0.3 is 0 Å². The Labute approximate surface area is 116 Å². The van der Waals surface area contributed by atoms with E-state index in [9.17, 15) is 4.79 Å². The Kier molecular flexibility index (Phi) is 6.97. The van der Waals surface area contributed by atoms with Gasteiger partial charge in [-0.2, -0.15) is 0 Å². The first kappa shape index (κ1) is 15.7. The minimum absolute atomic E-state index is 0. The lowest BCUT2D eigenvalue weighted by molar-refractivity contribution is -0.123. The van der Waals surface area contributed by atoms with E-state index in [0.29, 0.717) is 25.2 Å². The zero-order valence-electron chi connectivity index (χ0n) is 11.1. The highest BCUT2D eigenvalue weighted by molar-refractivity contribution is 5.85. The summed E-state index contributed by atoms with van der Waals surface area (Å²) in [5.41, 5.74) is 5.71. The third-order valence-corrected chi connectivity index (χ3v) is 4.09. The van der Waals surface area contributed by atoms with Crippen molar-refractivity contribution in [2.24, 2.45) is 5.73 Å². The molecule has 2 aliphatic rings. The third-order valence-electron chi connectivity index (χ3n) is 4.09. The molecule has 1 aliphatic heterocycles. The van der Waals surface area contributed by atoms with Crippen LogP contribution < -0.4 is 11.1 Å². The van der Waals surface area contributed by atoms with Gasteiger partial charge < -0.3 is 11.1 Å². The Hall–Kier alpha value is -0.320. The number of carbonyl (C=O) groups excluding carboxylic acids is 1. The number of nitrogens with two attached hydrogens (primary N) is 1. The van der Waals surface area contributed by atoms with E-state index in [4.69, 9.17) is 5.73 Å². The average molecular weight is 276 g/mol. The molecule has 1 amide bonds. The van der Waals surface area contributed by atoms with Gasteiger partial charge in [-0.05, 0) is 32.2 Å². The molecule has 18 heavy (non-hydrogen) atoms. The van der Waals surface area contributed by atoms with Gasteiger partial charge in [-0.1, -0.05) is 19.3 Å². The molecule has 0 aromatic rings. The Morgan fingerprint density at radius 2 is 1.89 bits per heavy atom. The first-order chi connectivity index (χ1) is 8.29. The summed E-state index contributed by atoms with van der Waals surface area (Å²) in [5.74, 6) is 0.192. The van der Waals surface area contributed by atoms with E-state index < -0.39 is 0 Å². The van der Waals surface area contributed by atoms with Crippen LogP contribution in [0.15, 0.2) is 0 Å². The van der Waals surface area contributed by atoms with Crippen molar-refractivity contribution in [2.75, 3.05) is 19.6 Å². The quantitative estimate of drug-likeness (QED) is 0.813. The number of nitrogens with one attached hydrogen (secondary N) is 1. The molecule has 106 valence electrons. The summed E-state index contributed by atoms with van der Waals surface area (Å²) in [4.78, 5) is 14.2. The zero-order chi connectivity index (χ0) is 12.1. The van der Waals surface area contributed by atoms with E-state index in [0.717, 1.165) is 25.8 Å². The number of halogens is 1. The van der Waals surface area contributed by atoms with Gasteiger partial charge in [0, 0.05) is 18.6 Å². The van der Waals surface area contributed by atoms with Crippen molar-refractivity contribution in [3.63, 3.8) is 0 Å². The smallest absolute Gasteiger partial charge is 0.234 e. The maximum Gasteiger partial charge on any atom is 0.234 e. The largest absolute Gasteiger partial charge is 0.352 e. The standard InChI is InChI=1S/C13H25N3O.ClH/c14-9-12-7-4-8-16(12)10-13(17)15-11-5-2-1-3-6-11;/h11-12H,1-10,14H2,(H,15,17);1H. The number of nitrogens with zero attached hydrogens (tertiary/aromatic N) is 1. The van der Waals surface area contributed by atoms with Crippen molar-refractivity contribution in [1.29, 1.82) is 0 Å². The zero-order valence-corrected chi connectivity index (χ0v) is 11.9. The van der Waals surface area contributed by atoms with Crippen LogP contribution in [0, 0.1) is 0 Å². The summed E-state index contributed by atoms with van der Waals surface area (Å²) >= 11 is 0. The van der Waals surface area contributed by atoms with Crippen LogP contribution >= 0.6 is 12.4 Å². The molecule has 0 bridgehead atoms. The normalized spacial score (nSPS) is 25.7. The number of likely N-dealkylation sites (tertiary alicyclic amines) is 1. The van der Waals surface area contributed by atoms with Gasteiger partial charge in [0.05, 0.1) is 6.54 Å². The number of hydrogen-bond acceptors (Lipinski definition) is 3. The fraction of sp³-hybridized carbons (Fsp3) is 0.923. The van der Waals surface area contributed by atoms with Gasteiger partial charge in [0.25, 0.3) is 0 Å². The van der Waals surface area contributed by atoms with Crippen molar-refractivity contribution in [3.05, 3.63) is 0 Å². The molecule has 3 N–H and O–H groups in total. The molecular weight excluding hydrogens is 250 g/mol. The first-order valence-electron chi connectivity index (χ1n) is 7.03. The van der Waals surface area contributed by atoms with Gasteiger partial charge in [-0.15, -0.1) is 12.4 Å². The molecule has 2 fully saturated rings. The lowest BCUT2D eigenvalue weighted by Crippen LogP contribution is -2.45. The van der Waals surface area contributed by atoms with Crippen LogP contribution in [0.5, 0.6) is 0 Å². The fourth-order valence-corrected chi connectivity index (χ4v) is 3.07. The summed E-state index contributed by atoms with van der Waals surface area (Å²) in [5, 5.41) is 3.17. The molecule has 2 rings (SSSR count). The number of rotatable bonds is 4. The number of carbonyl (C=O) groups is 1. The molecular formula is C13H26ClN3O. The summed E-state index contributed by atoms with van der Waals surface area (Å²) in [7, 11) is 0. The highest BCUT2D eigenvalue weighted by Crippen LogP contribution is 2.18. The van der Waals surface area contributed by atoms with Crippen molar-refractivity contribution < 1.29 is 4.79 Å². The molecule has 1 saturated heterocycles. The van der Waals surface area contributed by atoms with Crippen LogP contribution in [0.2, 0.25) is 0 Å². The van der Waals surface area contributed by atoms with Gasteiger partial charge in [0.1, 0.15) is 0 Å². The van der Waals surface area contributed by atoms with Crippen molar-refractivity contribution in [2.45, 2.75) is 57.0 Å². The second kappa shape index (κ2) is 7.97. The Morgan fingerprint density at radius 1 is 1.17 bits per heavy atom. The van der Waals surface area contributed by atoms with Gasteiger partial charge in [0.2, 0.25) is 5.91 Å². The third kappa shape index (κ3) is 4.41. The number of amides is 1. The maximum absolute atomic E-state index is 11.9. The molecule has 4 nitrogen and oxygen atoms in total. The van der Waals surface area contributed by atoms with Crippen LogP contribution in [0.3, 0.4) is 0 Å². The van der Waals surface area contributed by atoms with E-state index in [1.54, 1.807) is 0 Å². The van der Waals surface area contributed by atoms with Crippen LogP contribution in [0.25, 0.3) is 0 Å². The van der Waals surface area contributed by atoms with Crippen molar-refractivity contribution >= 4 is 18.3 Å². The van der Waals surface area contributed by atoms with Crippen LogP contribution in [0.4, 0.5) is 0 Å². The predicted octanol–water partition coefficient (Wildman–Crippen LogP) is 1.28. The van der Waals surface area contributed by atoms with Gasteiger partial charge in [-0.3, -0.25) is 9.69 Å². The van der Waals surface area contributed by atoms with Gasteiger partial charge in [0.15, 0.2) is 0 Å². The van der Waals surface area contributed by atoms with Crippen molar-refractivity contribution in [1.82, 2.24) is 10.2 Å². The van der Waals surface area contributed by atoms with Crippen LogP contribution in [-0.4, -0.2) is 42.5 Å².